The Morgan fingerprint density at radius 2 is 1.67 bits per heavy atom. The first-order valence-electron chi connectivity index (χ1n) is 7.18. The van der Waals surface area contributed by atoms with E-state index in [-0.39, 0.29) is 0 Å². The third-order valence-corrected chi connectivity index (χ3v) is 4.94. The molecule has 0 radical (unpaired) electrons. The normalized spacial score (nSPS) is 23.8. The second-order valence-electron chi connectivity index (χ2n) is 6.26. The molecule has 2 nitrogen and oxygen atoms in total. The van der Waals surface area contributed by atoms with E-state index < -0.39 is 0 Å². The van der Waals surface area contributed by atoms with E-state index in [0.29, 0.717) is 5.41 Å². The molecule has 98 valence electrons. The Balaban J connectivity index is 1.74. The Morgan fingerprint density at radius 3 is 2.39 bits per heavy atom. The van der Waals surface area contributed by atoms with Crippen LogP contribution in [0.2, 0.25) is 0 Å². The van der Waals surface area contributed by atoms with Gasteiger partial charge >= 0.3 is 0 Å². The van der Waals surface area contributed by atoms with E-state index in [2.05, 4.69) is 48.0 Å². The van der Waals surface area contributed by atoms with Gasteiger partial charge in [-0.25, -0.2) is 0 Å². The van der Waals surface area contributed by atoms with Crippen molar-refractivity contribution >= 4 is 5.69 Å². The fourth-order valence-electron chi connectivity index (χ4n) is 3.56. The fraction of sp³-hybridized carbons (Fsp3) is 0.625. The zero-order valence-electron chi connectivity index (χ0n) is 11.7. The second-order valence-corrected chi connectivity index (χ2v) is 6.26. The average molecular weight is 244 g/mol. The molecule has 2 aliphatic rings. The van der Waals surface area contributed by atoms with Gasteiger partial charge in [-0.1, -0.05) is 18.2 Å². The quantitative estimate of drug-likeness (QED) is 0.749. The lowest BCUT2D eigenvalue weighted by molar-refractivity contribution is 0.142. The summed E-state index contributed by atoms with van der Waals surface area (Å²) in [6.07, 6.45) is 4.15. The molecule has 2 heteroatoms. The van der Waals surface area contributed by atoms with Crippen molar-refractivity contribution in [3.8, 4) is 0 Å². The third-order valence-electron chi connectivity index (χ3n) is 4.94. The van der Waals surface area contributed by atoms with Crippen molar-refractivity contribution in [2.45, 2.75) is 26.2 Å². The average Bonchev–Trinajstić information content (AvgIpc) is 2.78. The maximum Gasteiger partial charge on any atom is 0.0396 e. The van der Waals surface area contributed by atoms with Gasteiger partial charge in [0.2, 0.25) is 0 Å². The fourth-order valence-corrected chi connectivity index (χ4v) is 3.56. The summed E-state index contributed by atoms with van der Waals surface area (Å²) in [5.41, 5.74) is 3.48. The summed E-state index contributed by atoms with van der Waals surface area (Å²) < 4.78 is 0. The van der Waals surface area contributed by atoms with Gasteiger partial charge in [-0.05, 0) is 63.4 Å². The van der Waals surface area contributed by atoms with Crippen LogP contribution >= 0.6 is 0 Å². The molecule has 2 aliphatic heterocycles. The maximum absolute atomic E-state index is 2.61. The lowest BCUT2D eigenvalue weighted by Gasteiger charge is -2.38. The minimum atomic E-state index is 0.606. The van der Waals surface area contributed by atoms with Crippen LogP contribution in [-0.4, -0.2) is 38.1 Å². The summed E-state index contributed by atoms with van der Waals surface area (Å²) in [5, 5.41) is 0. The Hall–Kier alpha value is -1.02. The van der Waals surface area contributed by atoms with Crippen LogP contribution in [0.5, 0.6) is 0 Å². The van der Waals surface area contributed by atoms with E-state index >= 15 is 0 Å². The van der Waals surface area contributed by atoms with Crippen LogP contribution in [0.3, 0.4) is 0 Å². The van der Waals surface area contributed by atoms with E-state index in [4.69, 9.17) is 0 Å². The topological polar surface area (TPSA) is 6.48 Å². The molecule has 1 spiro atoms. The lowest BCUT2D eigenvalue weighted by atomic mass is 9.78. The van der Waals surface area contributed by atoms with Crippen LogP contribution in [-0.2, 0) is 0 Å². The van der Waals surface area contributed by atoms with Crippen molar-refractivity contribution in [1.29, 1.82) is 0 Å². The van der Waals surface area contributed by atoms with Gasteiger partial charge in [0.15, 0.2) is 0 Å². The largest absolute Gasteiger partial charge is 0.371 e. The summed E-state index contributed by atoms with van der Waals surface area (Å²) in [5.74, 6) is 0. The molecule has 0 N–H and O–H groups in total. The van der Waals surface area contributed by atoms with Gasteiger partial charge < -0.3 is 9.80 Å². The van der Waals surface area contributed by atoms with Crippen molar-refractivity contribution in [3.63, 3.8) is 0 Å². The Kier molecular flexibility index (Phi) is 3.06. The molecule has 0 aromatic heterocycles. The van der Waals surface area contributed by atoms with E-state index in [1.807, 2.05) is 0 Å². The zero-order chi connectivity index (χ0) is 12.6. The van der Waals surface area contributed by atoms with E-state index in [1.165, 1.54) is 56.7 Å². The molecule has 0 saturated carbocycles. The second kappa shape index (κ2) is 4.58. The molecule has 0 unspecified atom stereocenters. The summed E-state index contributed by atoms with van der Waals surface area (Å²) >= 11 is 0. The summed E-state index contributed by atoms with van der Waals surface area (Å²) in [4.78, 5) is 5.09. The number of nitrogens with zero attached hydrogens (tertiary/aromatic N) is 2. The molecule has 2 fully saturated rings. The minimum absolute atomic E-state index is 0.606. The van der Waals surface area contributed by atoms with Crippen LogP contribution < -0.4 is 4.90 Å². The number of rotatable bonds is 1. The van der Waals surface area contributed by atoms with Gasteiger partial charge in [0.1, 0.15) is 0 Å². The molecule has 0 amide bonds. The highest BCUT2D eigenvalue weighted by Gasteiger charge is 2.40. The molecular formula is C16H24N2. The van der Waals surface area contributed by atoms with Crippen LogP contribution in [0.4, 0.5) is 5.69 Å². The van der Waals surface area contributed by atoms with Crippen LogP contribution in [0.25, 0.3) is 0 Å². The van der Waals surface area contributed by atoms with Crippen molar-refractivity contribution in [2.75, 3.05) is 38.1 Å². The first-order valence-corrected chi connectivity index (χ1v) is 7.18. The molecule has 0 atom stereocenters. The van der Waals surface area contributed by atoms with Crippen molar-refractivity contribution in [1.82, 2.24) is 4.90 Å². The van der Waals surface area contributed by atoms with Crippen LogP contribution in [0, 0.1) is 12.3 Å². The van der Waals surface area contributed by atoms with Gasteiger partial charge in [-0.15, -0.1) is 0 Å². The summed E-state index contributed by atoms with van der Waals surface area (Å²) in [6.45, 7) is 7.30. The molecule has 0 aliphatic carbocycles. The molecule has 2 saturated heterocycles. The highest BCUT2D eigenvalue weighted by atomic mass is 15.2. The molecular weight excluding hydrogens is 220 g/mol. The first kappa shape index (κ1) is 12.0. The smallest absolute Gasteiger partial charge is 0.0396 e. The number of aryl methyl sites for hydroxylation is 1. The molecule has 1 aromatic rings. The number of likely N-dealkylation sites (tertiary alicyclic amines) is 1. The number of hydrogen-bond donors (Lipinski definition) is 0. The maximum atomic E-state index is 2.61. The van der Waals surface area contributed by atoms with E-state index in [0.717, 1.165) is 0 Å². The first-order chi connectivity index (χ1) is 8.69. The molecule has 3 rings (SSSR count). The highest BCUT2D eigenvalue weighted by molar-refractivity contribution is 5.54. The van der Waals surface area contributed by atoms with Crippen LogP contribution in [0.1, 0.15) is 24.8 Å². The van der Waals surface area contributed by atoms with Crippen molar-refractivity contribution in [3.05, 3.63) is 29.8 Å². The molecule has 1 aromatic carbocycles. The van der Waals surface area contributed by atoms with Gasteiger partial charge in [-0.2, -0.15) is 0 Å². The zero-order valence-corrected chi connectivity index (χ0v) is 11.7. The standard InChI is InChI=1S/C16H24N2/c1-14-5-3-4-6-15(14)18-12-9-16(13-18)7-10-17(2)11-8-16/h3-6H,7-13H2,1-2H3. The number of anilines is 1. The summed E-state index contributed by atoms with van der Waals surface area (Å²) in [6, 6.07) is 8.82. The molecule has 2 heterocycles. The van der Waals surface area contributed by atoms with E-state index in [9.17, 15) is 0 Å². The minimum Gasteiger partial charge on any atom is -0.371 e. The van der Waals surface area contributed by atoms with Crippen molar-refractivity contribution in [2.24, 2.45) is 5.41 Å². The molecule has 0 bridgehead atoms. The van der Waals surface area contributed by atoms with Gasteiger partial charge in [0.25, 0.3) is 0 Å². The number of para-hydroxylation sites is 1. The van der Waals surface area contributed by atoms with Gasteiger partial charge in [0, 0.05) is 18.8 Å². The summed E-state index contributed by atoms with van der Waals surface area (Å²) in [7, 11) is 2.25. The highest BCUT2D eigenvalue weighted by Crippen LogP contribution is 2.42. The third kappa shape index (κ3) is 2.14. The van der Waals surface area contributed by atoms with E-state index in [1.54, 1.807) is 0 Å². The Morgan fingerprint density at radius 1 is 1.00 bits per heavy atom. The molecule has 18 heavy (non-hydrogen) atoms. The Bertz CT molecular complexity index is 419. The predicted molar refractivity (Wildman–Crippen MR) is 77.2 cm³/mol. The van der Waals surface area contributed by atoms with Crippen LogP contribution in [0.15, 0.2) is 24.3 Å². The predicted octanol–water partition coefficient (Wildman–Crippen LogP) is 2.92. The van der Waals surface area contributed by atoms with Gasteiger partial charge in [-0.3, -0.25) is 0 Å². The monoisotopic (exact) mass is 244 g/mol. The Labute approximate surface area is 111 Å². The van der Waals surface area contributed by atoms with Gasteiger partial charge in [0.05, 0.1) is 0 Å². The SMILES string of the molecule is Cc1ccccc1N1CCC2(CCN(C)CC2)C1. The number of benzene rings is 1. The number of piperidine rings is 1. The van der Waals surface area contributed by atoms with Crippen molar-refractivity contribution < 1.29 is 0 Å². The number of hydrogen-bond acceptors (Lipinski definition) is 2. The lowest BCUT2D eigenvalue weighted by Crippen LogP contribution is -2.39.